The van der Waals surface area contributed by atoms with Crippen LogP contribution in [0.15, 0.2) is 54.6 Å². The first-order valence-electron chi connectivity index (χ1n) is 5.72. The van der Waals surface area contributed by atoms with E-state index in [0.29, 0.717) is 5.75 Å². The van der Waals surface area contributed by atoms with Crippen molar-refractivity contribution in [2.24, 2.45) is 0 Å². The minimum Gasteiger partial charge on any atom is -0.429 e. The third-order valence-electron chi connectivity index (χ3n) is 2.37. The van der Waals surface area contributed by atoms with Crippen LogP contribution in [0.4, 0.5) is 5.69 Å². The van der Waals surface area contributed by atoms with Gasteiger partial charge in [-0.05, 0) is 36.8 Å². The van der Waals surface area contributed by atoms with Gasteiger partial charge in [-0.15, -0.1) is 0 Å². The van der Waals surface area contributed by atoms with Gasteiger partial charge in [0.15, 0.2) is 0 Å². The summed E-state index contributed by atoms with van der Waals surface area (Å²) in [5, 5.41) is 2.94. The maximum Gasteiger partial charge on any atom is 0.338 e. The molecule has 0 bridgehead atoms. The average Bonchev–Trinajstić information content (AvgIpc) is 2.28. The molecule has 0 aliphatic rings. The SMILES string of the molecule is Cc1cccc(N[P@@](C)(=O)Oc2ccccc2)c1. The summed E-state index contributed by atoms with van der Waals surface area (Å²) in [6, 6.07) is 16.9. The summed E-state index contributed by atoms with van der Waals surface area (Å²) in [6.45, 7) is 3.56. The highest BCUT2D eigenvalue weighted by Crippen LogP contribution is 2.43. The van der Waals surface area contributed by atoms with Crippen LogP contribution >= 0.6 is 7.52 Å². The van der Waals surface area contributed by atoms with Gasteiger partial charge in [0.1, 0.15) is 5.75 Å². The van der Waals surface area contributed by atoms with Crippen molar-refractivity contribution in [1.29, 1.82) is 0 Å². The zero-order valence-corrected chi connectivity index (χ0v) is 11.4. The molecule has 2 aromatic carbocycles. The summed E-state index contributed by atoms with van der Waals surface area (Å²) in [5.74, 6) is 0.600. The number of benzene rings is 2. The molecule has 4 heteroatoms. The third kappa shape index (κ3) is 3.64. The Hall–Kier alpha value is -1.73. The van der Waals surface area contributed by atoms with Crippen LogP contribution in [-0.4, -0.2) is 6.66 Å². The molecule has 2 aromatic rings. The second-order valence-corrected chi connectivity index (χ2v) is 6.33. The lowest BCUT2D eigenvalue weighted by molar-refractivity contribution is 0.493. The lowest BCUT2D eigenvalue weighted by Crippen LogP contribution is -2.02. The molecule has 3 nitrogen and oxygen atoms in total. The van der Waals surface area contributed by atoms with E-state index in [2.05, 4.69) is 5.09 Å². The van der Waals surface area contributed by atoms with E-state index in [1.165, 1.54) is 0 Å². The van der Waals surface area contributed by atoms with Gasteiger partial charge in [-0.1, -0.05) is 30.3 Å². The van der Waals surface area contributed by atoms with Gasteiger partial charge in [0, 0.05) is 12.4 Å². The van der Waals surface area contributed by atoms with Crippen molar-refractivity contribution >= 4 is 13.2 Å². The van der Waals surface area contributed by atoms with Crippen LogP contribution in [0.1, 0.15) is 5.56 Å². The van der Waals surface area contributed by atoms with Crippen molar-refractivity contribution in [3.63, 3.8) is 0 Å². The Balaban J connectivity index is 2.10. The smallest absolute Gasteiger partial charge is 0.338 e. The summed E-state index contributed by atoms with van der Waals surface area (Å²) in [5.41, 5.74) is 1.91. The van der Waals surface area contributed by atoms with E-state index in [0.717, 1.165) is 11.3 Å². The van der Waals surface area contributed by atoms with E-state index < -0.39 is 7.52 Å². The Kier molecular flexibility index (Phi) is 3.73. The first-order chi connectivity index (χ1) is 8.55. The highest BCUT2D eigenvalue weighted by molar-refractivity contribution is 7.60. The van der Waals surface area contributed by atoms with Gasteiger partial charge in [0.2, 0.25) is 0 Å². The van der Waals surface area contributed by atoms with Gasteiger partial charge in [-0.3, -0.25) is 4.57 Å². The van der Waals surface area contributed by atoms with E-state index in [1.54, 1.807) is 18.8 Å². The molecule has 0 unspecified atom stereocenters. The first kappa shape index (κ1) is 12.7. The molecule has 0 amide bonds. The molecule has 0 aliphatic heterocycles. The molecule has 94 valence electrons. The summed E-state index contributed by atoms with van der Waals surface area (Å²) >= 11 is 0. The molecule has 0 aromatic heterocycles. The molecule has 0 heterocycles. The predicted octanol–water partition coefficient (Wildman–Crippen LogP) is 4.31. The van der Waals surface area contributed by atoms with Gasteiger partial charge in [-0.25, -0.2) is 0 Å². The van der Waals surface area contributed by atoms with E-state index in [4.69, 9.17) is 4.52 Å². The fourth-order valence-electron chi connectivity index (χ4n) is 1.65. The Morgan fingerprint density at radius 2 is 1.78 bits per heavy atom. The van der Waals surface area contributed by atoms with Gasteiger partial charge >= 0.3 is 7.52 Å². The second-order valence-electron chi connectivity index (χ2n) is 4.23. The summed E-state index contributed by atoms with van der Waals surface area (Å²) in [4.78, 5) is 0. The van der Waals surface area contributed by atoms with Gasteiger partial charge in [-0.2, -0.15) is 0 Å². The molecular formula is C14H16NO2P. The van der Waals surface area contributed by atoms with Crippen molar-refractivity contribution < 1.29 is 9.09 Å². The van der Waals surface area contributed by atoms with Crippen LogP contribution < -0.4 is 9.61 Å². The van der Waals surface area contributed by atoms with Crippen molar-refractivity contribution in [1.82, 2.24) is 0 Å². The third-order valence-corrected chi connectivity index (χ3v) is 3.60. The largest absolute Gasteiger partial charge is 0.429 e. The van der Waals surface area contributed by atoms with Gasteiger partial charge in [0.25, 0.3) is 0 Å². The monoisotopic (exact) mass is 261 g/mol. The van der Waals surface area contributed by atoms with Crippen molar-refractivity contribution in [3.05, 3.63) is 60.2 Å². The van der Waals surface area contributed by atoms with Crippen molar-refractivity contribution in [2.75, 3.05) is 11.8 Å². The number of hydrogen-bond acceptors (Lipinski definition) is 2. The number of rotatable bonds is 4. The zero-order chi connectivity index (χ0) is 13.0. The Labute approximate surface area is 107 Å². The van der Waals surface area contributed by atoms with Crippen LogP contribution in [0.3, 0.4) is 0 Å². The number of hydrogen-bond donors (Lipinski definition) is 1. The molecule has 18 heavy (non-hydrogen) atoms. The fraction of sp³-hybridized carbons (Fsp3) is 0.143. The molecule has 1 atom stereocenters. The topological polar surface area (TPSA) is 38.3 Å². The standard InChI is InChI=1S/C14H16NO2P/c1-12-7-6-8-13(11-12)15-18(2,16)17-14-9-4-3-5-10-14/h3-11H,1-2H3,(H,15,16)/t18-/m0/s1. The van der Waals surface area contributed by atoms with Crippen LogP contribution in [0.2, 0.25) is 0 Å². The molecular weight excluding hydrogens is 245 g/mol. The van der Waals surface area contributed by atoms with Gasteiger partial charge in [0.05, 0.1) is 0 Å². The lowest BCUT2D eigenvalue weighted by Gasteiger charge is -2.17. The minimum absolute atomic E-state index is 0.600. The quantitative estimate of drug-likeness (QED) is 0.833. The van der Waals surface area contributed by atoms with Crippen molar-refractivity contribution in [2.45, 2.75) is 6.92 Å². The molecule has 0 aliphatic carbocycles. The van der Waals surface area contributed by atoms with Crippen molar-refractivity contribution in [3.8, 4) is 5.75 Å². The predicted molar refractivity (Wildman–Crippen MR) is 75.4 cm³/mol. The summed E-state index contributed by atoms with van der Waals surface area (Å²) in [6.07, 6.45) is 0. The maximum absolute atomic E-state index is 12.3. The number of aryl methyl sites for hydroxylation is 1. The van der Waals surface area contributed by atoms with Crippen LogP contribution in [0, 0.1) is 6.92 Å². The molecule has 2 rings (SSSR count). The fourth-order valence-corrected chi connectivity index (χ4v) is 2.83. The Morgan fingerprint density at radius 1 is 1.06 bits per heavy atom. The molecule has 0 saturated heterocycles. The molecule has 0 fully saturated rings. The number of para-hydroxylation sites is 1. The van der Waals surface area contributed by atoms with E-state index in [-0.39, 0.29) is 0 Å². The number of anilines is 1. The summed E-state index contributed by atoms with van der Waals surface area (Å²) in [7, 11) is -2.91. The normalized spacial score (nSPS) is 13.7. The van der Waals surface area contributed by atoms with E-state index in [9.17, 15) is 4.57 Å². The second kappa shape index (κ2) is 5.28. The highest BCUT2D eigenvalue weighted by Gasteiger charge is 2.17. The molecule has 0 spiro atoms. The highest BCUT2D eigenvalue weighted by atomic mass is 31.2. The molecule has 0 radical (unpaired) electrons. The maximum atomic E-state index is 12.3. The van der Waals surface area contributed by atoms with Crippen LogP contribution in [0.5, 0.6) is 5.75 Å². The van der Waals surface area contributed by atoms with Crippen LogP contribution in [-0.2, 0) is 4.57 Å². The van der Waals surface area contributed by atoms with Gasteiger partial charge < -0.3 is 9.61 Å². The van der Waals surface area contributed by atoms with E-state index >= 15 is 0 Å². The lowest BCUT2D eigenvalue weighted by atomic mass is 10.2. The molecule has 1 N–H and O–H groups in total. The van der Waals surface area contributed by atoms with Crippen LogP contribution in [0.25, 0.3) is 0 Å². The zero-order valence-electron chi connectivity index (χ0n) is 10.5. The minimum atomic E-state index is -2.91. The Morgan fingerprint density at radius 3 is 2.44 bits per heavy atom. The molecule has 0 saturated carbocycles. The Bertz CT molecular complexity index is 569. The number of nitrogens with one attached hydrogen (secondary N) is 1. The summed E-state index contributed by atoms with van der Waals surface area (Å²) < 4.78 is 17.8. The average molecular weight is 261 g/mol. The first-order valence-corrected chi connectivity index (χ1v) is 7.79. The van der Waals surface area contributed by atoms with E-state index in [1.807, 2.05) is 49.4 Å².